The molecular formula is C17H24N2O5. The van der Waals surface area contributed by atoms with Gasteiger partial charge in [-0.05, 0) is 25.0 Å². The highest BCUT2D eigenvalue weighted by molar-refractivity contribution is 5.89. The second-order valence-electron chi connectivity index (χ2n) is 6.10. The maximum atomic E-state index is 12.1. The summed E-state index contributed by atoms with van der Waals surface area (Å²) in [6, 6.07) is 3.58. The number of aliphatic carboxylic acids is 1. The Morgan fingerprint density at radius 2 is 2.08 bits per heavy atom. The van der Waals surface area contributed by atoms with Crippen LogP contribution in [0.25, 0.3) is 0 Å². The Kier molecular flexibility index (Phi) is 6.84. The van der Waals surface area contributed by atoms with Crippen molar-refractivity contribution in [1.29, 1.82) is 0 Å². The highest BCUT2D eigenvalue weighted by Gasteiger charge is 2.34. The first-order valence-corrected chi connectivity index (χ1v) is 8.36. The van der Waals surface area contributed by atoms with Gasteiger partial charge in [-0.2, -0.15) is 0 Å². The lowest BCUT2D eigenvalue weighted by Crippen LogP contribution is -2.33. The van der Waals surface area contributed by atoms with Crippen molar-refractivity contribution in [3.63, 3.8) is 0 Å². The van der Waals surface area contributed by atoms with Crippen molar-refractivity contribution in [2.24, 2.45) is 5.92 Å². The van der Waals surface area contributed by atoms with Gasteiger partial charge < -0.3 is 19.7 Å². The van der Waals surface area contributed by atoms with Gasteiger partial charge in [-0.25, -0.2) is 0 Å². The van der Waals surface area contributed by atoms with Crippen molar-refractivity contribution in [3.8, 4) is 0 Å². The normalized spacial score (nSPS) is 17.2. The van der Waals surface area contributed by atoms with Gasteiger partial charge in [0.15, 0.2) is 0 Å². The molecule has 1 fully saturated rings. The first-order valence-electron chi connectivity index (χ1n) is 8.36. The molecule has 1 atom stereocenters. The van der Waals surface area contributed by atoms with E-state index in [4.69, 9.17) is 9.52 Å². The largest absolute Gasteiger partial charge is 0.481 e. The number of hydrogen-bond donors (Lipinski definition) is 2. The minimum absolute atomic E-state index is 0.0276. The smallest absolute Gasteiger partial charge is 0.303 e. The average Bonchev–Trinajstić information content (AvgIpc) is 3.17. The van der Waals surface area contributed by atoms with Gasteiger partial charge in [0.05, 0.1) is 18.7 Å². The van der Waals surface area contributed by atoms with Crippen molar-refractivity contribution in [2.75, 3.05) is 13.1 Å². The molecule has 24 heavy (non-hydrogen) atoms. The summed E-state index contributed by atoms with van der Waals surface area (Å²) in [7, 11) is 0. The Hall–Kier alpha value is -2.31. The number of nitrogens with zero attached hydrogens (tertiary/aromatic N) is 1. The number of rotatable bonds is 10. The number of carbonyl (C=O) groups excluding carboxylic acids is 2. The molecular weight excluding hydrogens is 312 g/mol. The number of carboxylic acid groups (broad SMARTS) is 1. The Morgan fingerprint density at radius 3 is 2.79 bits per heavy atom. The van der Waals surface area contributed by atoms with Crippen molar-refractivity contribution in [3.05, 3.63) is 24.2 Å². The van der Waals surface area contributed by atoms with E-state index < -0.39 is 5.97 Å². The number of nitrogens with one attached hydrogen (secondary N) is 1. The standard InChI is InChI=1S/C17H24N2O5/c20-15-10-13(11-19(15)12-14-6-5-9-24-14)17(23)18-8-4-2-1-3-7-16(21)22/h5-6,9,13H,1-4,7-8,10-12H2,(H,18,23)(H,21,22). The Balaban J connectivity index is 1.61. The average molecular weight is 336 g/mol. The molecule has 2 rings (SSSR count). The lowest BCUT2D eigenvalue weighted by Gasteiger charge is -2.15. The molecule has 1 aliphatic heterocycles. The predicted octanol–water partition coefficient (Wildman–Crippen LogP) is 1.78. The minimum Gasteiger partial charge on any atom is -0.481 e. The first kappa shape index (κ1) is 18.0. The van der Waals surface area contributed by atoms with Crippen molar-refractivity contribution in [2.45, 2.75) is 45.1 Å². The van der Waals surface area contributed by atoms with Crippen LogP contribution >= 0.6 is 0 Å². The molecule has 7 heteroatoms. The van der Waals surface area contributed by atoms with Gasteiger partial charge in [0.1, 0.15) is 5.76 Å². The summed E-state index contributed by atoms with van der Waals surface area (Å²) >= 11 is 0. The van der Waals surface area contributed by atoms with Crippen LogP contribution in [0.5, 0.6) is 0 Å². The Bertz CT molecular complexity index is 555. The zero-order chi connectivity index (χ0) is 17.4. The fraction of sp³-hybridized carbons (Fsp3) is 0.588. The van der Waals surface area contributed by atoms with Crippen LogP contribution < -0.4 is 5.32 Å². The summed E-state index contributed by atoms with van der Waals surface area (Å²) < 4.78 is 5.23. The van der Waals surface area contributed by atoms with E-state index >= 15 is 0 Å². The monoisotopic (exact) mass is 336 g/mol. The summed E-state index contributed by atoms with van der Waals surface area (Å²) in [4.78, 5) is 36.1. The van der Waals surface area contributed by atoms with E-state index in [9.17, 15) is 14.4 Å². The molecule has 1 unspecified atom stereocenters. The summed E-state index contributed by atoms with van der Waals surface area (Å²) in [5.74, 6) is -0.477. The van der Waals surface area contributed by atoms with Crippen LogP contribution in [-0.2, 0) is 20.9 Å². The third kappa shape index (κ3) is 5.72. The van der Waals surface area contributed by atoms with Crippen LogP contribution in [0, 0.1) is 5.92 Å². The van der Waals surface area contributed by atoms with Crippen LogP contribution in [0.3, 0.4) is 0 Å². The molecule has 0 aliphatic carbocycles. The molecule has 1 aromatic rings. The third-order valence-corrected chi connectivity index (χ3v) is 4.13. The summed E-state index contributed by atoms with van der Waals surface area (Å²) in [6.07, 6.45) is 5.23. The molecule has 2 amide bonds. The van der Waals surface area contributed by atoms with Gasteiger partial charge in [0, 0.05) is 25.9 Å². The molecule has 0 saturated carbocycles. The molecule has 1 aromatic heterocycles. The van der Waals surface area contributed by atoms with Gasteiger partial charge >= 0.3 is 5.97 Å². The predicted molar refractivity (Wildman–Crippen MR) is 86.0 cm³/mol. The van der Waals surface area contributed by atoms with Crippen LogP contribution in [-0.4, -0.2) is 40.9 Å². The molecule has 1 saturated heterocycles. The Labute approximate surface area is 141 Å². The maximum Gasteiger partial charge on any atom is 0.303 e. The second-order valence-corrected chi connectivity index (χ2v) is 6.10. The van der Waals surface area contributed by atoms with Crippen molar-refractivity contribution < 1.29 is 23.9 Å². The molecule has 132 valence electrons. The summed E-state index contributed by atoms with van der Waals surface area (Å²) in [5.41, 5.74) is 0. The molecule has 0 spiro atoms. The number of unbranched alkanes of at least 4 members (excludes halogenated alkanes) is 3. The Morgan fingerprint density at radius 1 is 1.29 bits per heavy atom. The van der Waals surface area contributed by atoms with Crippen molar-refractivity contribution in [1.82, 2.24) is 10.2 Å². The quantitative estimate of drug-likeness (QED) is 0.634. The zero-order valence-corrected chi connectivity index (χ0v) is 13.7. The molecule has 0 radical (unpaired) electrons. The van der Waals surface area contributed by atoms with E-state index in [1.54, 1.807) is 17.2 Å². The van der Waals surface area contributed by atoms with Gasteiger partial charge in [0.2, 0.25) is 11.8 Å². The van der Waals surface area contributed by atoms with Gasteiger partial charge in [0.25, 0.3) is 0 Å². The van der Waals surface area contributed by atoms with Gasteiger partial charge in [-0.3, -0.25) is 14.4 Å². The highest BCUT2D eigenvalue weighted by atomic mass is 16.4. The molecule has 0 bridgehead atoms. The highest BCUT2D eigenvalue weighted by Crippen LogP contribution is 2.20. The number of furan rings is 1. The van der Waals surface area contributed by atoms with Crippen LogP contribution in [0.1, 0.15) is 44.3 Å². The number of likely N-dealkylation sites (tertiary alicyclic amines) is 1. The minimum atomic E-state index is -0.770. The summed E-state index contributed by atoms with van der Waals surface area (Å²) in [5, 5.41) is 11.4. The van der Waals surface area contributed by atoms with Crippen LogP contribution in [0.2, 0.25) is 0 Å². The lowest BCUT2D eigenvalue weighted by molar-refractivity contribution is -0.137. The number of hydrogen-bond acceptors (Lipinski definition) is 4. The number of carbonyl (C=O) groups is 3. The number of carboxylic acids is 1. The van der Waals surface area contributed by atoms with Crippen LogP contribution in [0.4, 0.5) is 0 Å². The molecule has 0 aromatic carbocycles. The van der Waals surface area contributed by atoms with Crippen molar-refractivity contribution >= 4 is 17.8 Å². The van der Waals surface area contributed by atoms with E-state index in [2.05, 4.69) is 5.32 Å². The van der Waals surface area contributed by atoms with E-state index in [0.717, 1.165) is 19.3 Å². The zero-order valence-electron chi connectivity index (χ0n) is 13.7. The van der Waals surface area contributed by atoms with E-state index in [0.29, 0.717) is 31.8 Å². The van der Waals surface area contributed by atoms with E-state index in [1.807, 2.05) is 6.07 Å². The van der Waals surface area contributed by atoms with Gasteiger partial charge in [-0.15, -0.1) is 0 Å². The summed E-state index contributed by atoms with van der Waals surface area (Å²) in [6.45, 7) is 1.39. The second kappa shape index (κ2) is 9.10. The van der Waals surface area contributed by atoms with Gasteiger partial charge in [-0.1, -0.05) is 12.8 Å². The molecule has 2 heterocycles. The molecule has 7 nitrogen and oxygen atoms in total. The van der Waals surface area contributed by atoms with E-state index in [-0.39, 0.29) is 30.6 Å². The fourth-order valence-electron chi connectivity index (χ4n) is 2.80. The first-order chi connectivity index (χ1) is 11.6. The maximum absolute atomic E-state index is 12.1. The number of amides is 2. The third-order valence-electron chi connectivity index (χ3n) is 4.13. The van der Waals surface area contributed by atoms with E-state index in [1.165, 1.54) is 0 Å². The molecule has 1 aliphatic rings. The molecule has 2 N–H and O–H groups in total. The SMILES string of the molecule is O=C(O)CCCCCCNC(=O)C1CC(=O)N(Cc2ccco2)C1. The topological polar surface area (TPSA) is 99.8 Å². The lowest BCUT2D eigenvalue weighted by atomic mass is 10.1. The van der Waals surface area contributed by atoms with Crippen LogP contribution in [0.15, 0.2) is 22.8 Å². The fourth-order valence-corrected chi connectivity index (χ4v) is 2.80.